The number of aliphatic hydroxyl groups excluding tert-OH is 1. The van der Waals surface area contributed by atoms with Gasteiger partial charge in [0.2, 0.25) is 5.91 Å². The predicted octanol–water partition coefficient (Wildman–Crippen LogP) is 2.29. The van der Waals surface area contributed by atoms with E-state index in [1.54, 1.807) is 6.92 Å². The van der Waals surface area contributed by atoms with Gasteiger partial charge in [-0.25, -0.2) is 0 Å². The van der Waals surface area contributed by atoms with Crippen LogP contribution in [0.4, 0.5) is 0 Å². The summed E-state index contributed by atoms with van der Waals surface area (Å²) in [6, 6.07) is 10.2. The van der Waals surface area contributed by atoms with Gasteiger partial charge in [-0.15, -0.1) is 0 Å². The number of aliphatic hydroxyl groups is 1. The average molecular weight is 261 g/mol. The summed E-state index contributed by atoms with van der Waals surface area (Å²) >= 11 is 0. The van der Waals surface area contributed by atoms with Crippen molar-refractivity contribution in [2.24, 2.45) is 5.41 Å². The van der Waals surface area contributed by atoms with Crippen LogP contribution in [0.5, 0.6) is 0 Å². The minimum absolute atomic E-state index is 0.156. The number of hydrogen-bond donors (Lipinski definition) is 2. The monoisotopic (exact) mass is 261 g/mol. The molecule has 1 aromatic rings. The van der Waals surface area contributed by atoms with Gasteiger partial charge in [0.05, 0.1) is 11.5 Å². The van der Waals surface area contributed by atoms with Crippen LogP contribution in [0.2, 0.25) is 0 Å². The molecule has 1 unspecified atom stereocenters. The standard InChI is InChI=1S/C16H23NO2/c1-13(18)8-11-17-15(19)16(9-5-10-16)12-14-6-3-2-4-7-14/h2-4,6-7,13,18H,5,8-12H2,1H3,(H,17,19). The van der Waals surface area contributed by atoms with E-state index in [0.29, 0.717) is 13.0 Å². The molecular weight excluding hydrogens is 238 g/mol. The van der Waals surface area contributed by atoms with E-state index in [2.05, 4.69) is 17.4 Å². The molecule has 1 amide bonds. The molecule has 104 valence electrons. The van der Waals surface area contributed by atoms with Gasteiger partial charge in [-0.3, -0.25) is 4.79 Å². The Labute approximate surface area is 115 Å². The third-order valence-corrected chi connectivity index (χ3v) is 4.03. The largest absolute Gasteiger partial charge is 0.393 e. The lowest BCUT2D eigenvalue weighted by atomic mass is 9.64. The van der Waals surface area contributed by atoms with Crippen LogP contribution in [0.25, 0.3) is 0 Å². The molecule has 2 rings (SSSR count). The third kappa shape index (κ3) is 3.57. The van der Waals surface area contributed by atoms with E-state index in [4.69, 9.17) is 0 Å². The molecule has 0 heterocycles. The van der Waals surface area contributed by atoms with Gasteiger partial charge in [0.15, 0.2) is 0 Å². The molecule has 1 aromatic carbocycles. The molecule has 2 N–H and O–H groups in total. The first-order valence-corrected chi connectivity index (χ1v) is 7.13. The van der Waals surface area contributed by atoms with E-state index < -0.39 is 0 Å². The van der Waals surface area contributed by atoms with Crippen LogP contribution in [-0.4, -0.2) is 23.7 Å². The molecule has 1 fully saturated rings. The SMILES string of the molecule is CC(O)CCNC(=O)C1(Cc2ccccc2)CCC1. The fourth-order valence-electron chi connectivity index (χ4n) is 2.66. The fraction of sp³-hybridized carbons (Fsp3) is 0.562. The zero-order valence-corrected chi connectivity index (χ0v) is 11.6. The van der Waals surface area contributed by atoms with Crippen molar-refractivity contribution in [3.63, 3.8) is 0 Å². The first kappa shape index (κ1) is 14.1. The first-order chi connectivity index (χ1) is 9.12. The van der Waals surface area contributed by atoms with Gasteiger partial charge in [0.25, 0.3) is 0 Å². The minimum atomic E-state index is -0.355. The number of benzene rings is 1. The van der Waals surface area contributed by atoms with E-state index in [1.807, 2.05) is 18.2 Å². The van der Waals surface area contributed by atoms with Gasteiger partial charge < -0.3 is 10.4 Å². The van der Waals surface area contributed by atoms with Crippen molar-refractivity contribution in [2.75, 3.05) is 6.54 Å². The second kappa shape index (κ2) is 6.20. The molecule has 0 aliphatic heterocycles. The highest BCUT2D eigenvalue weighted by molar-refractivity contribution is 5.83. The van der Waals surface area contributed by atoms with Crippen LogP contribution in [0.3, 0.4) is 0 Å². The normalized spacial score (nSPS) is 18.4. The zero-order valence-electron chi connectivity index (χ0n) is 11.6. The van der Waals surface area contributed by atoms with E-state index in [9.17, 15) is 9.90 Å². The zero-order chi connectivity index (χ0) is 13.7. The molecule has 0 spiro atoms. The summed E-state index contributed by atoms with van der Waals surface area (Å²) in [6.07, 6.45) is 4.18. The highest BCUT2D eigenvalue weighted by atomic mass is 16.3. The van der Waals surface area contributed by atoms with Crippen LogP contribution in [0.1, 0.15) is 38.2 Å². The first-order valence-electron chi connectivity index (χ1n) is 7.13. The quantitative estimate of drug-likeness (QED) is 0.825. The van der Waals surface area contributed by atoms with Crippen molar-refractivity contribution in [3.8, 4) is 0 Å². The van der Waals surface area contributed by atoms with Crippen LogP contribution in [0.15, 0.2) is 30.3 Å². The Morgan fingerprint density at radius 3 is 2.58 bits per heavy atom. The molecule has 1 saturated carbocycles. The second-order valence-electron chi connectivity index (χ2n) is 5.69. The number of nitrogens with one attached hydrogen (secondary N) is 1. The van der Waals surface area contributed by atoms with Gasteiger partial charge in [0.1, 0.15) is 0 Å². The van der Waals surface area contributed by atoms with Crippen LogP contribution >= 0.6 is 0 Å². The lowest BCUT2D eigenvalue weighted by Crippen LogP contribution is -2.47. The highest BCUT2D eigenvalue weighted by Crippen LogP contribution is 2.43. The molecule has 0 saturated heterocycles. The molecule has 1 aliphatic rings. The number of amides is 1. The summed E-state index contributed by atoms with van der Waals surface area (Å²) < 4.78 is 0. The highest BCUT2D eigenvalue weighted by Gasteiger charge is 2.43. The van der Waals surface area contributed by atoms with Crippen LogP contribution in [-0.2, 0) is 11.2 Å². The Balaban J connectivity index is 1.92. The molecule has 3 heteroatoms. The van der Waals surface area contributed by atoms with Crippen molar-refractivity contribution in [3.05, 3.63) is 35.9 Å². The second-order valence-corrected chi connectivity index (χ2v) is 5.69. The summed E-state index contributed by atoms with van der Waals surface area (Å²) in [5.74, 6) is 0.156. The summed E-state index contributed by atoms with van der Waals surface area (Å²) in [6.45, 7) is 2.31. The lowest BCUT2D eigenvalue weighted by molar-refractivity contribution is -0.136. The van der Waals surface area contributed by atoms with Gasteiger partial charge in [-0.05, 0) is 38.2 Å². The van der Waals surface area contributed by atoms with E-state index in [1.165, 1.54) is 5.56 Å². The predicted molar refractivity (Wildman–Crippen MR) is 75.7 cm³/mol. The molecule has 3 nitrogen and oxygen atoms in total. The molecule has 19 heavy (non-hydrogen) atoms. The maximum atomic E-state index is 12.3. The van der Waals surface area contributed by atoms with Crippen molar-refractivity contribution in [1.29, 1.82) is 0 Å². The van der Waals surface area contributed by atoms with E-state index in [0.717, 1.165) is 25.7 Å². The summed E-state index contributed by atoms with van der Waals surface area (Å²) in [5, 5.41) is 12.2. The fourth-order valence-corrected chi connectivity index (χ4v) is 2.66. The summed E-state index contributed by atoms with van der Waals surface area (Å²) in [7, 11) is 0. The van der Waals surface area contributed by atoms with Crippen molar-refractivity contribution in [2.45, 2.75) is 45.1 Å². The Kier molecular flexibility index (Phi) is 4.59. The minimum Gasteiger partial charge on any atom is -0.393 e. The topological polar surface area (TPSA) is 49.3 Å². The molecule has 1 aliphatic carbocycles. The Morgan fingerprint density at radius 1 is 1.37 bits per heavy atom. The van der Waals surface area contributed by atoms with Crippen LogP contribution in [0, 0.1) is 5.41 Å². The maximum absolute atomic E-state index is 12.3. The maximum Gasteiger partial charge on any atom is 0.226 e. The van der Waals surface area contributed by atoms with Gasteiger partial charge >= 0.3 is 0 Å². The lowest BCUT2D eigenvalue weighted by Gasteiger charge is -2.40. The smallest absolute Gasteiger partial charge is 0.226 e. The average Bonchev–Trinajstić information content (AvgIpc) is 2.34. The van der Waals surface area contributed by atoms with Gasteiger partial charge in [-0.1, -0.05) is 36.8 Å². The Hall–Kier alpha value is -1.35. The van der Waals surface area contributed by atoms with Crippen molar-refractivity contribution >= 4 is 5.91 Å². The molecule has 0 bridgehead atoms. The summed E-state index contributed by atoms with van der Waals surface area (Å²) in [4.78, 5) is 12.3. The number of carbonyl (C=O) groups excluding carboxylic acids is 1. The van der Waals surface area contributed by atoms with Crippen molar-refractivity contribution in [1.82, 2.24) is 5.32 Å². The van der Waals surface area contributed by atoms with E-state index in [-0.39, 0.29) is 17.4 Å². The van der Waals surface area contributed by atoms with E-state index >= 15 is 0 Å². The third-order valence-electron chi connectivity index (χ3n) is 4.03. The number of rotatable bonds is 6. The van der Waals surface area contributed by atoms with Crippen LogP contribution < -0.4 is 5.32 Å². The summed E-state index contributed by atoms with van der Waals surface area (Å²) in [5.41, 5.74) is 1.02. The molecular formula is C16H23NO2. The molecule has 1 atom stereocenters. The molecule has 0 aromatic heterocycles. The van der Waals surface area contributed by atoms with Gasteiger partial charge in [0, 0.05) is 6.54 Å². The number of hydrogen-bond acceptors (Lipinski definition) is 2. The van der Waals surface area contributed by atoms with Crippen molar-refractivity contribution < 1.29 is 9.90 Å². The number of carbonyl (C=O) groups is 1. The Bertz CT molecular complexity index is 410. The molecule has 0 radical (unpaired) electrons. The van der Waals surface area contributed by atoms with Gasteiger partial charge in [-0.2, -0.15) is 0 Å². The Morgan fingerprint density at radius 2 is 2.05 bits per heavy atom.